The minimum absolute atomic E-state index is 0.0458. The van der Waals surface area contributed by atoms with Gasteiger partial charge in [-0.2, -0.15) is 9.38 Å². The van der Waals surface area contributed by atoms with E-state index in [1.807, 2.05) is 6.92 Å². The van der Waals surface area contributed by atoms with Crippen LogP contribution < -0.4 is 0 Å². The lowest BCUT2D eigenvalue weighted by molar-refractivity contribution is -0.393. The minimum atomic E-state index is -0.426. The predicted octanol–water partition coefficient (Wildman–Crippen LogP) is 3.36. The minimum Gasteiger partial charge on any atom is -0.358 e. The molecule has 10 heteroatoms. The molecule has 7 nitrogen and oxygen atoms in total. The van der Waals surface area contributed by atoms with E-state index < -0.39 is 4.92 Å². The molecule has 0 aromatic carbocycles. The highest BCUT2D eigenvalue weighted by Gasteiger charge is 2.24. The van der Waals surface area contributed by atoms with Gasteiger partial charge in [0.05, 0.1) is 6.20 Å². The first-order valence-electron chi connectivity index (χ1n) is 5.94. The summed E-state index contributed by atoms with van der Waals surface area (Å²) in [5.41, 5.74) is 0.541. The van der Waals surface area contributed by atoms with Crippen LogP contribution in [0, 0.1) is 10.1 Å². The van der Waals surface area contributed by atoms with Crippen molar-refractivity contribution >= 4 is 46.3 Å². The number of hydrogen-bond acceptors (Lipinski definition) is 8. The molecule has 0 aliphatic rings. The van der Waals surface area contributed by atoms with Crippen molar-refractivity contribution in [2.24, 2.45) is 0 Å². The Morgan fingerprint density at radius 2 is 2.19 bits per heavy atom. The normalized spacial score (nSPS) is 11.1. The van der Waals surface area contributed by atoms with Crippen molar-refractivity contribution in [1.29, 1.82) is 0 Å². The van der Waals surface area contributed by atoms with E-state index >= 15 is 0 Å². The van der Waals surface area contributed by atoms with Crippen molar-refractivity contribution in [3.63, 3.8) is 0 Å². The number of pyridine rings is 1. The van der Waals surface area contributed by atoms with Crippen LogP contribution in [-0.4, -0.2) is 30.3 Å². The summed E-state index contributed by atoms with van der Waals surface area (Å²) in [6.45, 7) is 2.03. The highest BCUT2D eigenvalue weighted by atomic mass is 32.2. The van der Waals surface area contributed by atoms with E-state index in [1.165, 1.54) is 27.5 Å². The molecule has 3 heterocycles. The van der Waals surface area contributed by atoms with Gasteiger partial charge in [-0.1, -0.05) is 36.1 Å². The first-order chi connectivity index (χ1) is 10.2. The quantitative estimate of drug-likeness (QED) is 0.400. The van der Waals surface area contributed by atoms with Crippen LogP contribution in [0.4, 0.5) is 5.82 Å². The number of thioether (sulfide) groups is 1. The Kier molecular flexibility index (Phi) is 4.08. The van der Waals surface area contributed by atoms with Crippen molar-refractivity contribution in [3.8, 4) is 0 Å². The van der Waals surface area contributed by atoms with Gasteiger partial charge in [-0.05, 0) is 28.5 Å². The Balaban J connectivity index is 1.99. The number of hydrogen-bond donors (Lipinski definition) is 0. The molecule has 0 bridgehead atoms. The van der Waals surface area contributed by atoms with Crippen molar-refractivity contribution < 1.29 is 4.92 Å². The maximum Gasteiger partial charge on any atom is 0.362 e. The Morgan fingerprint density at radius 1 is 1.38 bits per heavy atom. The third-order valence-electron chi connectivity index (χ3n) is 2.49. The summed E-state index contributed by atoms with van der Waals surface area (Å²) >= 11 is 4.18. The molecule has 0 aliphatic heterocycles. The van der Waals surface area contributed by atoms with Crippen LogP contribution in [0.2, 0.25) is 0 Å². The van der Waals surface area contributed by atoms with E-state index in [4.69, 9.17) is 0 Å². The van der Waals surface area contributed by atoms with Crippen LogP contribution in [0.1, 0.15) is 6.92 Å². The summed E-state index contributed by atoms with van der Waals surface area (Å²) in [4.78, 5) is 15.2. The second-order valence-corrected chi connectivity index (χ2v) is 7.52. The summed E-state index contributed by atoms with van der Waals surface area (Å²) in [5.74, 6) is 0.865. The first kappa shape index (κ1) is 14.3. The van der Waals surface area contributed by atoms with Crippen LogP contribution in [0.3, 0.4) is 0 Å². The van der Waals surface area contributed by atoms with Gasteiger partial charge in [0, 0.05) is 6.07 Å². The first-order valence-corrected chi connectivity index (χ1v) is 8.56. The molecule has 21 heavy (non-hydrogen) atoms. The van der Waals surface area contributed by atoms with Crippen LogP contribution >= 0.6 is 34.9 Å². The topological polar surface area (TPSA) is 86.2 Å². The second-order valence-electron chi connectivity index (χ2n) is 3.80. The van der Waals surface area contributed by atoms with Gasteiger partial charge in [0.25, 0.3) is 0 Å². The van der Waals surface area contributed by atoms with E-state index in [1.54, 1.807) is 36.2 Å². The van der Waals surface area contributed by atoms with Gasteiger partial charge in [0.15, 0.2) is 8.68 Å². The third-order valence-corrected chi connectivity index (χ3v) is 5.44. The van der Waals surface area contributed by atoms with Gasteiger partial charge in [0.1, 0.15) is 0 Å². The summed E-state index contributed by atoms with van der Waals surface area (Å²) in [5, 5.41) is 19.7. The number of nitro groups is 1. The summed E-state index contributed by atoms with van der Waals surface area (Å²) in [6.07, 6.45) is 1.63. The number of fused-ring (bicyclic) bond motifs is 1. The molecule has 0 aliphatic carbocycles. The fourth-order valence-electron chi connectivity index (χ4n) is 1.70. The Hall–Kier alpha value is -1.65. The average Bonchev–Trinajstić information content (AvgIpc) is 3.03. The van der Waals surface area contributed by atoms with E-state index in [9.17, 15) is 10.1 Å². The molecule has 0 saturated carbocycles. The monoisotopic (exact) mass is 339 g/mol. The molecule has 3 rings (SSSR count). The zero-order chi connectivity index (χ0) is 14.8. The molecule has 0 unspecified atom stereocenters. The van der Waals surface area contributed by atoms with Gasteiger partial charge in [-0.3, -0.25) is 0 Å². The maximum absolute atomic E-state index is 11.3. The summed E-state index contributed by atoms with van der Waals surface area (Å²) in [6, 6.07) is 5.26. The zero-order valence-corrected chi connectivity index (χ0v) is 13.2. The maximum atomic E-state index is 11.3. The lowest BCUT2D eigenvalue weighted by Gasteiger charge is -1.95. The highest BCUT2D eigenvalue weighted by molar-refractivity contribution is 8.03. The molecule has 0 spiro atoms. The van der Waals surface area contributed by atoms with Crippen LogP contribution in [0.15, 0.2) is 38.1 Å². The van der Waals surface area contributed by atoms with E-state index in [0.29, 0.717) is 15.0 Å². The predicted molar refractivity (Wildman–Crippen MR) is 82.3 cm³/mol. The molecule has 0 saturated heterocycles. The Labute approximate surface area is 132 Å². The molecule has 0 radical (unpaired) electrons. The molecule has 108 valence electrons. The number of imidazole rings is 1. The zero-order valence-electron chi connectivity index (χ0n) is 10.8. The molecular weight excluding hydrogens is 330 g/mol. The number of rotatable bonds is 5. The second kappa shape index (κ2) is 6.00. The molecule has 3 aromatic rings. The van der Waals surface area contributed by atoms with E-state index in [2.05, 4.69) is 15.2 Å². The molecule has 0 N–H and O–H groups in total. The van der Waals surface area contributed by atoms with Crippen molar-refractivity contribution in [2.45, 2.75) is 20.6 Å². The van der Waals surface area contributed by atoms with E-state index in [-0.39, 0.29) is 5.82 Å². The molecule has 0 amide bonds. The number of aromatic nitrogens is 4. The SMILES string of the molecule is CCSc1nnc(Sc2nc3ccccn3c2[N+](=O)[O-])s1. The smallest absolute Gasteiger partial charge is 0.358 e. The standard InChI is InChI=1S/C11H9N5O2S3/c1-2-19-10-13-14-11(21-10)20-8-9(16(17)18)15-6-4-3-5-7(15)12-8/h3-6H,2H2,1H3. The highest BCUT2D eigenvalue weighted by Crippen LogP contribution is 2.37. The van der Waals surface area contributed by atoms with Crippen LogP contribution in [0.5, 0.6) is 0 Å². The fraction of sp³-hybridized carbons (Fsp3) is 0.182. The lowest BCUT2D eigenvalue weighted by Crippen LogP contribution is -1.94. The fourth-order valence-corrected chi connectivity index (χ4v) is 4.63. The van der Waals surface area contributed by atoms with Crippen molar-refractivity contribution in [1.82, 2.24) is 19.6 Å². The van der Waals surface area contributed by atoms with Crippen molar-refractivity contribution in [2.75, 3.05) is 5.75 Å². The van der Waals surface area contributed by atoms with Gasteiger partial charge >= 0.3 is 5.82 Å². The third kappa shape index (κ3) is 2.87. The molecule has 3 aromatic heterocycles. The van der Waals surface area contributed by atoms with Gasteiger partial charge in [0.2, 0.25) is 10.7 Å². The molecule has 0 fully saturated rings. The van der Waals surface area contributed by atoms with Gasteiger partial charge in [-0.25, -0.2) is 0 Å². The Bertz CT molecular complexity index is 800. The summed E-state index contributed by atoms with van der Waals surface area (Å²) in [7, 11) is 0. The molecular formula is C11H9N5O2S3. The lowest BCUT2D eigenvalue weighted by atomic mass is 10.5. The molecule has 0 atom stereocenters. The van der Waals surface area contributed by atoms with Crippen LogP contribution in [-0.2, 0) is 0 Å². The van der Waals surface area contributed by atoms with Crippen LogP contribution in [0.25, 0.3) is 5.65 Å². The van der Waals surface area contributed by atoms with E-state index in [0.717, 1.165) is 10.1 Å². The average molecular weight is 339 g/mol. The van der Waals surface area contributed by atoms with Gasteiger partial charge < -0.3 is 10.1 Å². The van der Waals surface area contributed by atoms with Gasteiger partial charge in [-0.15, -0.1) is 10.2 Å². The Morgan fingerprint density at radius 3 is 2.95 bits per heavy atom. The number of nitrogens with zero attached hydrogens (tertiary/aromatic N) is 5. The van der Waals surface area contributed by atoms with Crippen molar-refractivity contribution in [3.05, 3.63) is 34.5 Å². The largest absolute Gasteiger partial charge is 0.362 e. The summed E-state index contributed by atoms with van der Waals surface area (Å²) < 4.78 is 2.97.